The van der Waals surface area contributed by atoms with Crippen LogP contribution in [0.4, 0.5) is 0 Å². The number of para-hydroxylation sites is 2. The molecule has 5 heteroatoms. The van der Waals surface area contributed by atoms with Crippen LogP contribution in [0.2, 0.25) is 0 Å². The highest BCUT2D eigenvalue weighted by molar-refractivity contribution is 6.23. The van der Waals surface area contributed by atoms with Gasteiger partial charge in [0.15, 0.2) is 5.58 Å². The Morgan fingerprint density at radius 1 is 0.412 bits per heavy atom. The van der Waals surface area contributed by atoms with E-state index in [1.165, 1.54) is 5.39 Å². The molecule has 0 spiro atoms. The predicted octanol–water partition coefficient (Wildman–Crippen LogP) is 11.8. The molecule has 0 saturated carbocycles. The summed E-state index contributed by atoms with van der Waals surface area (Å²) in [5, 5.41) is 5.54. The fourth-order valence-electron chi connectivity index (χ4n) is 7.19. The molecule has 10 rings (SSSR count). The van der Waals surface area contributed by atoms with Gasteiger partial charge < -0.3 is 4.42 Å². The van der Waals surface area contributed by atoms with Crippen LogP contribution in [0.1, 0.15) is 0 Å². The minimum Gasteiger partial charge on any atom is -0.454 e. The zero-order valence-corrected chi connectivity index (χ0v) is 27.4. The van der Waals surface area contributed by atoms with Gasteiger partial charge in [-0.15, -0.1) is 0 Å². The Morgan fingerprint density at radius 3 is 1.76 bits per heavy atom. The summed E-state index contributed by atoms with van der Waals surface area (Å²) < 4.78 is 6.61. The van der Waals surface area contributed by atoms with Gasteiger partial charge >= 0.3 is 0 Å². The quantitative estimate of drug-likeness (QED) is 0.185. The van der Waals surface area contributed by atoms with E-state index >= 15 is 0 Å². The molecule has 51 heavy (non-hydrogen) atoms. The number of nitrogens with zero attached hydrogens (tertiary/aromatic N) is 4. The molecule has 0 aliphatic carbocycles. The number of rotatable bonds is 5. The van der Waals surface area contributed by atoms with Crippen molar-refractivity contribution in [2.24, 2.45) is 0 Å². The smallest absolute Gasteiger partial charge is 0.162 e. The molecule has 0 atom stereocenters. The van der Waals surface area contributed by atoms with Gasteiger partial charge in [-0.2, -0.15) is 0 Å². The van der Waals surface area contributed by atoms with Crippen molar-refractivity contribution in [2.75, 3.05) is 0 Å². The van der Waals surface area contributed by atoms with Crippen molar-refractivity contribution in [3.05, 3.63) is 170 Å². The molecule has 0 aliphatic rings. The number of hydrogen-bond acceptors (Lipinski definition) is 5. The summed E-state index contributed by atoms with van der Waals surface area (Å²) in [5.41, 5.74) is 12.0. The predicted molar refractivity (Wildman–Crippen MR) is 207 cm³/mol. The summed E-state index contributed by atoms with van der Waals surface area (Å²) in [5.74, 6) is 0. The normalized spacial score (nSPS) is 11.5. The monoisotopic (exact) mass is 652 g/mol. The lowest BCUT2D eigenvalue weighted by Gasteiger charge is -2.13. The molecule has 0 bridgehead atoms. The van der Waals surface area contributed by atoms with E-state index in [2.05, 4.69) is 119 Å². The van der Waals surface area contributed by atoms with E-state index in [1.54, 1.807) is 12.4 Å². The Labute approximate surface area is 293 Å². The van der Waals surface area contributed by atoms with Crippen LogP contribution in [-0.4, -0.2) is 19.9 Å². The first-order chi connectivity index (χ1) is 25.3. The molecule has 0 saturated heterocycles. The highest BCUT2D eigenvalue weighted by Gasteiger charge is 2.21. The second-order valence-corrected chi connectivity index (χ2v) is 12.6. The number of pyridine rings is 4. The highest BCUT2D eigenvalue weighted by atomic mass is 16.3. The Bertz CT molecular complexity index is 2840. The first kappa shape index (κ1) is 29.0. The van der Waals surface area contributed by atoms with Crippen molar-refractivity contribution < 1.29 is 4.42 Å². The molecule has 5 nitrogen and oxygen atoms in total. The van der Waals surface area contributed by atoms with Gasteiger partial charge in [-0.25, -0.2) is 9.97 Å². The van der Waals surface area contributed by atoms with Crippen LogP contribution in [0.5, 0.6) is 0 Å². The summed E-state index contributed by atoms with van der Waals surface area (Å²) in [6, 6.07) is 54.2. The molecule has 238 valence electrons. The molecular formula is C46H28N4O. The van der Waals surface area contributed by atoms with E-state index in [1.807, 2.05) is 48.5 Å². The number of hydrogen-bond donors (Lipinski definition) is 0. The number of benzene rings is 5. The van der Waals surface area contributed by atoms with E-state index < -0.39 is 0 Å². The lowest BCUT2D eigenvalue weighted by atomic mass is 9.95. The lowest BCUT2D eigenvalue weighted by Crippen LogP contribution is -1.94. The van der Waals surface area contributed by atoms with Crippen LogP contribution in [0.15, 0.2) is 175 Å². The maximum Gasteiger partial charge on any atom is 0.162 e. The molecule has 0 aliphatic heterocycles. The van der Waals surface area contributed by atoms with Crippen LogP contribution in [0.3, 0.4) is 0 Å². The van der Waals surface area contributed by atoms with Crippen molar-refractivity contribution >= 4 is 43.6 Å². The summed E-state index contributed by atoms with van der Waals surface area (Å²) in [7, 11) is 0. The van der Waals surface area contributed by atoms with Crippen molar-refractivity contribution in [3.63, 3.8) is 0 Å². The van der Waals surface area contributed by atoms with Gasteiger partial charge in [0.05, 0.1) is 28.3 Å². The van der Waals surface area contributed by atoms with Gasteiger partial charge in [0, 0.05) is 39.7 Å². The van der Waals surface area contributed by atoms with Crippen LogP contribution in [0.25, 0.3) is 99.9 Å². The van der Waals surface area contributed by atoms with Crippen molar-refractivity contribution in [2.45, 2.75) is 0 Å². The average molecular weight is 653 g/mol. The number of fused-ring (bicyclic) bond motifs is 6. The molecular weight excluding hydrogens is 625 g/mol. The third-order valence-corrected chi connectivity index (χ3v) is 9.59. The molecule has 5 heterocycles. The van der Waals surface area contributed by atoms with E-state index in [9.17, 15) is 0 Å². The van der Waals surface area contributed by atoms with Gasteiger partial charge in [-0.05, 0) is 69.9 Å². The van der Waals surface area contributed by atoms with E-state index in [0.717, 1.165) is 94.5 Å². The van der Waals surface area contributed by atoms with Crippen molar-refractivity contribution in [1.82, 2.24) is 19.9 Å². The third-order valence-electron chi connectivity index (χ3n) is 9.59. The largest absolute Gasteiger partial charge is 0.454 e. The second kappa shape index (κ2) is 11.9. The first-order valence-corrected chi connectivity index (χ1v) is 17.0. The molecule has 0 amide bonds. The van der Waals surface area contributed by atoms with Crippen molar-refractivity contribution in [1.29, 1.82) is 0 Å². The summed E-state index contributed by atoms with van der Waals surface area (Å²) >= 11 is 0. The highest BCUT2D eigenvalue weighted by Crippen LogP contribution is 2.43. The lowest BCUT2D eigenvalue weighted by molar-refractivity contribution is 0.669. The Hall–Kier alpha value is -6.98. The average Bonchev–Trinajstić information content (AvgIpc) is 3.61. The fraction of sp³-hybridized carbons (Fsp3) is 0. The van der Waals surface area contributed by atoms with Crippen molar-refractivity contribution in [3.8, 4) is 56.3 Å². The maximum absolute atomic E-state index is 6.61. The van der Waals surface area contributed by atoms with Gasteiger partial charge in [0.25, 0.3) is 0 Å². The molecule has 5 aromatic heterocycles. The summed E-state index contributed by atoms with van der Waals surface area (Å²) in [6.07, 6.45) is 3.59. The zero-order valence-electron chi connectivity index (χ0n) is 27.4. The van der Waals surface area contributed by atoms with Crippen LogP contribution < -0.4 is 0 Å². The molecule has 0 fully saturated rings. The van der Waals surface area contributed by atoms with Crippen LogP contribution in [0, 0.1) is 0 Å². The van der Waals surface area contributed by atoms with Crippen LogP contribution in [-0.2, 0) is 0 Å². The topological polar surface area (TPSA) is 64.7 Å². The standard InChI is InChI=1S/C46H28N4O/c1-2-13-33-30(11-1)12-9-16-35(33)45-46-43(36-14-3-4-20-42(36)51-46)37-17-10-15-34(44(37)50-45)31-23-21-29(22-24-31)32-27-40(38-18-5-7-25-47-38)49-41(28-32)39-19-6-8-26-48-39/h1-28H. The Balaban J connectivity index is 1.16. The van der Waals surface area contributed by atoms with Gasteiger partial charge in [0.2, 0.25) is 0 Å². The maximum atomic E-state index is 6.61. The van der Waals surface area contributed by atoms with E-state index in [0.29, 0.717) is 0 Å². The SMILES string of the molecule is c1ccc(-c2cc(-c3ccc(-c4cccc5c4nc(-c4cccc6ccccc46)c4oc6ccccc6c45)cc3)cc(-c3ccccn3)n2)nc1. The Kier molecular flexibility index (Phi) is 6.74. The molecule has 0 N–H and O–H groups in total. The zero-order chi connectivity index (χ0) is 33.7. The Morgan fingerprint density at radius 2 is 1.02 bits per heavy atom. The van der Waals surface area contributed by atoms with Gasteiger partial charge in [-0.3, -0.25) is 9.97 Å². The molecule has 10 aromatic rings. The number of aromatic nitrogens is 4. The van der Waals surface area contributed by atoms with E-state index in [4.69, 9.17) is 14.4 Å². The number of furan rings is 1. The van der Waals surface area contributed by atoms with Gasteiger partial charge in [0.1, 0.15) is 11.3 Å². The van der Waals surface area contributed by atoms with E-state index in [-0.39, 0.29) is 0 Å². The fourth-order valence-corrected chi connectivity index (χ4v) is 7.19. The molecule has 0 unspecified atom stereocenters. The minimum atomic E-state index is 0.799. The second-order valence-electron chi connectivity index (χ2n) is 12.6. The third kappa shape index (κ3) is 4.94. The van der Waals surface area contributed by atoms with Gasteiger partial charge in [-0.1, -0.05) is 115 Å². The van der Waals surface area contributed by atoms with Crippen LogP contribution >= 0.6 is 0 Å². The summed E-state index contributed by atoms with van der Waals surface area (Å²) in [4.78, 5) is 19.6. The molecule has 5 aromatic carbocycles. The minimum absolute atomic E-state index is 0.799. The first-order valence-electron chi connectivity index (χ1n) is 17.0. The summed E-state index contributed by atoms with van der Waals surface area (Å²) in [6.45, 7) is 0. The molecule has 0 radical (unpaired) electrons.